The quantitative estimate of drug-likeness (QED) is 0.881. The number of rotatable bonds is 5. The average molecular weight is 261 g/mol. The molecule has 3 rings (SSSR count). The number of hydrogen-bond acceptors (Lipinski definition) is 3. The Bertz CT molecular complexity index is 468. The molecular formula is C15H19NO3. The van der Waals surface area contributed by atoms with Crippen LogP contribution in [0.2, 0.25) is 0 Å². The van der Waals surface area contributed by atoms with E-state index in [1.807, 2.05) is 18.2 Å². The summed E-state index contributed by atoms with van der Waals surface area (Å²) in [6, 6.07) is 5.90. The molecule has 1 heterocycles. The van der Waals surface area contributed by atoms with Gasteiger partial charge in [0, 0.05) is 13.0 Å². The van der Waals surface area contributed by atoms with Crippen LogP contribution < -0.4 is 14.8 Å². The number of benzene rings is 1. The van der Waals surface area contributed by atoms with Crippen LogP contribution in [0.4, 0.5) is 0 Å². The molecule has 4 nitrogen and oxygen atoms in total. The fourth-order valence-electron chi connectivity index (χ4n) is 2.17. The van der Waals surface area contributed by atoms with Crippen LogP contribution in [0.25, 0.3) is 0 Å². The minimum absolute atomic E-state index is 0.141. The first-order chi connectivity index (χ1) is 9.31. The maximum absolute atomic E-state index is 11.7. The lowest BCUT2D eigenvalue weighted by atomic mass is 10.1. The van der Waals surface area contributed by atoms with Crippen molar-refractivity contribution in [3.63, 3.8) is 0 Å². The van der Waals surface area contributed by atoms with Gasteiger partial charge < -0.3 is 14.8 Å². The molecule has 102 valence electrons. The van der Waals surface area contributed by atoms with Crippen molar-refractivity contribution in [1.29, 1.82) is 0 Å². The highest BCUT2D eigenvalue weighted by Gasteiger charge is 2.21. The Labute approximate surface area is 113 Å². The third-order valence-corrected chi connectivity index (χ3v) is 3.53. The summed E-state index contributed by atoms with van der Waals surface area (Å²) in [4.78, 5) is 11.7. The highest BCUT2D eigenvalue weighted by atomic mass is 16.6. The van der Waals surface area contributed by atoms with E-state index < -0.39 is 0 Å². The van der Waals surface area contributed by atoms with Crippen molar-refractivity contribution in [3.05, 3.63) is 23.8 Å². The predicted octanol–water partition coefficient (Wildman–Crippen LogP) is 1.92. The van der Waals surface area contributed by atoms with E-state index in [9.17, 15) is 4.79 Å². The van der Waals surface area contributed by atoms with E-state index in [1.165, 1.54) is 12.8 Å². The molecule has 0 saturated heterocycles. The molecule has 0 atom stereocenters. The van der Waals surface area contributed by atoms with Crippen LogP contribution in [0.15, 0.2) is 18.2 Å². The summed E-state index contributed by atoms with van der Waals surface area (Å²) in [7, 11) is 0. The number of carbonyl (C=O) groups is 1. The van der Waals surface area contributed by atoms with Gasteiger partial charge in [0.15, 0.2) is 11.5 Å². The molecule has 0 radical (unpaired) electrons. The lowest BCUT2D eigenvalue weighted by molar-refractivity contribution is -0.121. The van der Waals surface area contributed by atoms with Crippen molar-refractivity contribution in [2.24, 2.45) is 5.92 Å². The second-order valence-corrected chi connectivity index (χ2v) is 5.23. The second kappa shape index (κ2) is 5.51. The summed E-state index contributed by atoms with van der Waals surface area (Å²) in [5.74, 6) is 2.47. The molecular weight excluding hydrogens is 242 g/mol. The lowest BCUT2D eigenvalue weighted by Gasteiger charge is -2.18. The van der Waals surface area contributed by atoms with Crippen molar-refractivity contribution in [2.45, 2.75) is 25.7 Å². The number of hydrogen-bond donors (Lipinski definition) is 1. The maximum Gasteiger partial charge on any atom is 0.220 e. The summed E-state index contributed by atoms with van der Waals surface area (Å²) in [6.07, 6.45) is 3.81. The van der Waals surface area contributed by atoms with Gasteiger partial charge in [0.2, 0.25) is 5.91 Å². The fraction of sp³-hybridized carbons (Fsp3) is 0.533. The molecule has 19 heavy (non-hydrogen) atoms. The lowest BCUT2D eigenvalue weighted by Crippen LogP contribution is -2.25. The molecule has 1 aromatic carbocycles. The molecule has 1 fully saturated rings. The number of ether oxygens (including phenoxy) is 2. The van der Waals surface area contributed by atoms with E-state index in [0.717, 1.165) is 35.9 Å². The Morgan fingerprint density at radius 2 is 2.00 bits per heavy atom. The van der Waals surface area contributed by atoms with Gasteiger partial charge in [-0.2, -0.15) is 0 Å². The van der Waals surface area contributed by atoms with E-state index in [0.29, 0.717) is 19.6 Å². The zero-order valence-corrected chi connectivity index (χ0v) is 11.0. The maximum atomic E-state index is 11.7. The van der Waals surface area contributed by atoms with Crippen molar-refractivity contribution in [2.75, 3.05) is 19.8 Å². The first-order valence-electron chi connectivity index (χ1n) is 6.96. The van der Waals surface area contributed by atoms with E-state index in [1.54, 1.807) is 0 Å². The van der Waals surface area contributed by atoms with Crippen LogP contribution in [-0.2, 0) is 11.2 Å². The van der Waals surface area contributed by atoms with Crippen LogP contribution >= 0.6 is 0 Å². The van der Waals surface area contributed by atoms with Crippen molar-refractivity contribution < 1.29 is 14.3 Å². The van der Waals surface area contributed by atoms with Gasteiger partial charge >= 0.3 is 0 Å². The van der Waals surface area contributed by atoms with Crippen LogP contribution in [-0.4, -0.2) is 25.7 Å². The molecule has 4 heteroatoms. The first kappa shape index (κ1) is 12.3. The third kappa shape index (κ3) is 3.40. The van der Waals surface area contributed by atoms with Crippen molar-refractivity contribution in [3.8, 4) is 11.5 Å². The van der Waals surface area contributed by atoms with Gasteiger partial charge in [-0.15, -0.1) is 0 Å². The van der Waals surface area contributed by atoms with Crippen LogP contribution in [0.3, 0.4) is 0 Å². The molecule has 0 unspecified atom stereocenters. The predicted molar refractivity (Wildman–Crippen MR) is 71.5 cm³/mol. The summed E-state index contributed by atoms with van der Waals surface area (Å²) >= 11 is 0. The molecule has 1 amide bonds. The van der Waals surface area contributed by atoms with Gasteiger partial charge in [-0.25, -0.2) is 0 Å². The third-order valence-electron chi connectivity index (χ3n) is 3.53. The number of nitrogens with one attached hydrogen (secondary N) is 1. The summed E-state index contributed by atoms with van der Waals surface area (Å²) in [5.41, 5.74) is 1.12. The Balaban J connectivity index is 1.50. The number of amides is 1. The highest BCUT2D eigenvalue weighted by molar-refractivity contribution is 5.76. The molecule has 0 spiro atoms. The molecule has 0 aromatic heterocycles. The molecule has 2 aliphatic rings. The molecule has 1 saturated carbocycles. The minimum Gasteiger partial charge on any atom is -0.486 e. The van der Waals surface area contributed by atoms with E-state index >= 15 is 0 Å². The summed E-state index contributed by atoms with van der Waals surface area (Å²) in [5, 5.41) is 2.98. The second-order valence-electron chi connectivity index (χ2n) is 5.23. The fourth-order valence-corrected chi connectivity index (χ4v) is 2.17. The van der Waals surface area contributed by atoms with Gasteiger partial charge in [0.05, 0.1) is 0 Å². The Kier molecular flexibility index (Phi) is 3.58. The molecule has 0 bridgehead atoms. The Morgan fingerprint density at radius 3 is 2.79 bits per heavy atom. The van der Waals surface area contributed by atoms with Crippen molar-refractivity contribution in [1.82, 2.24) is 5.32 Å². The SMILES string of the molecule is O=C(CCc1ccc2c(c1)OCCO2)NCC1CC1. The zero-order chi connectivity index (χ0) is 13.1. The topological polar surface area (TPSA) is 47.6 Å². The van der Waals surface area contributed by atoms with E-state index in [-0.39, 0.29) is 5.91 Å². The normalized spacial score (nSPS) is 17.1. The number of aryl methyl sites for hydroxylation is 1. The molecule has 1 aromatic rings. The smallest absolute Gasteiger partial charge is 0.220 e. The summed E-state index contributed by atoms with van der Waals surface area (Å²) in [6.45, 7) is 2.05. The van der Waals surface area contributed by atoms with Gasteiger partial charge in [-0.1, -0.05) is 6.07 Å². The monoisotopic (exact) mass is 261 g/mol. The molecule has 1 N–H and O–H groups in total. The number of fused-ring (bicyclic) bond motifs is 1. The molecule has 1 aliphatic carbocycles. The van der Waals surface area contributed by atoms with Crippen LogP contribution in [0.1, 0.15) is 24.8 Å². The van der Waals surface area contributed by atoms with Gasteiger partial charge in [0.1, 0.15) is 13.2 Å². The van der Waals surface area contributed by atoms with Gasteiger partial charge in [-0.05, 0) is 42.9 Å². The Hall–Kier alpha value is -1.71. The van der Waals surface area contributed by atoms with Crippen LogP contribution in [0.5, 0.6) is 11.5 Å². The Morgan fingerprint density at radius 1 is 1.21 bits per heavy atom. The van der Waals surface area contributed by atoms with Crippen LogP contribution in [0, 0.1) is 5.92 Å². The highest BCUT2D eigenvalue weighted by Crippen LogP contribution is 2.31. The summed E-state index contributed by atoms with van der Waals surface area (Å²) < 4.78 is 11.0. The van der Waals surface area contributed by atoms with E-state index in [2.05, 4.69) is 5.32 Å². The first-order valence-corrected chi connectivity index (χ1v) is 6.96. The van der Waals surface area contributed by atoms with Crippen molar-refractivity contribution >= 4 is 5.91 Å². The van der Waals surface area contributed by atoms with Gasteiger partial charge in [0.25, 0.3) is 0 Å². The largest absolute Gasteiger partial charge is 0.486 e. The van der Waals surface area contributed by atoms with E-state index in [4.69, 9.17) is 9.47 Å². The average Bonchev–Trinajstić information content (AvgIpc) is 3.27. The molecule has 1 aliphatic heterocycles. The van der Waals surface area contributed by atoms with Gasteiger partial charge in [-0.3, -0.25) is 4.79 Å². The zero-order valence-electron chi connectivity index (χ0n) is 11.0. The standard InChI is InChI=1S/C15H19NO3/c17-15(16-10-12-1-2-12)6-4-11-3-5-13-14(9-11)19-8-7-18-13/h3,5,9,12H,1-2,4,6-8,10H2,(H,16,17). The number of carbonyl (C=O) groups excluding carboxylic acids is 1. The minimum atomic E-state index is 0.141.